The van der Waals surface area contributed by atoms with Crippen LogP contribution in [-0.2, 0) is 0 Å². The van der Waals surface area contributed by atoms with E-state index in [1.54, 1.807) is 36.4 Å². The predicted octanol–water partition coefficient (Wildman–Crippen LogP) is 7.42. The highest BCUT2D eigenvalue weighted by atomic mass is 35.5. The van der Waals surface area contributed by atoms with Crippen LogP contribution < -0.4 is 9.47 Å². The number of aromatic nitrogens is 1. The highest BCUT2D eigenvalue weighted by Crippen LogP contribution is 2.41. The van der Waals surface area contributed by atoms with Crippen molar-refractivity contribution in [1.29, 1.82) is 0 Å². The number of nitro benzene ring substituents is 1. The molecule has 0 radical (unpaired) electrons. The van der Waals surface area contributed by atoms with Crippen molar-refractivity contribution in [2.75, 3.05) is 7.11 Å². The molecule has 0 aliphatic carbocycles. The Balaban J connectivity index is 1.78. The zero-order chi connectivity index (χ0) is 24.4. The van der Waals surface area contributed by atoms with Crippen molar-refractivity contribution >= 4 is 46.4 Å². The van der Waals surface area contributed by atoms with Crippen LogP contribution in [0.4, 0.5) is 10.5 Å². The number of hydrogen-bond donors (Lipinski definition) is 1. The summed E-state index contributed by atoms with van der Waals surface area (Å²) in [6.45, 7) is 0. The van der Waals surface area contributed by atoms with Gasteiger partial charge in [0, 0.05) is 22.1 Å². The molecule has 8 nitrogen and oxygen atoms in total. The maximum atomic E-state index is 11.6. The maximum absolute atomic E-state index is 11.6. The Labute approximate surface area is 207 Å². The number of nitro groups is 1. The number of halogens is 2. The molecule has 1 heterocycles. The Morgan fingerprint density at radius 3 is 2.44 bits per heavy atom. The topological polar surface area (TPSA) is 112 Å². The summed E-state index contributed by atoms with van der Waals surface area (Å²) in [6.07, 6.45) is -1.55. The van der Waals surface area contributed by atoms with Gasteiger partial charge in [0.15, 0.2) is 0 Å². The average Bonchev–Trinajstić information content (AvgIpc) is 3.30. The lowest BCUT2D eigenvalue weighted by Crippen LogP contribution is -2.05. The molecule has 0 unspecified atom stereocenters. The van der Waals surface area contributed by atoms with E-state index in [1.165, 1.54) is 36.6 Å². The lowest BCUT2D eigenvalue weighted by Gasteiger charge is -2.11. The van der Waals surface area contributed by atoms with E-state index < -0.39 is 11.1 Å². The van der Waals surface area contributed by atoms with Crippen molar-refractivity contribution in [2.24, 2.45) is 0 Å². The quantitative estimate of drug-likeness (QED) is 0.123. The van der Waals surface area contributed by atoms with Gasteiger partial charge in [0.25, 0.3) is 5.69 Å². The summed E-state index contributed by atoms with van der Waals surface area (Å²) in [5.74, 6) is 0.231. The molecule has 0 saturated heterocycles. The molecule has 0 amide bonds. The average molecular weight is 517 g/mol. The SMILES string of the molecule is COc1ccc(-c2ccc(-c3nc(-c4ccc(Cl)c(Cl)c4)cs3)cc2OC(=O)O)c([N+](=O)[O-])c1. The van der Waals surface area contributed by atoms with Crippen molar-refractivity contribution < 1.29 is 24.3 Å². The van der Waals surface area contributed by atoms with Crippen LogP contribution in [0.15, 0.2) is 60.0 Å². The molecular formula is C23H14Cl2N2O6S. The Bertz CT molecular complexity index is 1420. The zero-order valence-electron chi connectivity index (χ0n) is 17.3. The lowest BCUT2D eigenvalue weighted by molar-refractivity contribution is -0.384. The number of methoxy groups -OCH3 is 1. The van der Waals surface area contributed by atoms with E-state index in [4.69, 9.17) is 32.7 Å². The van der Waals surface area contributed by atoms with Gasteiger partial charge >= 0.3 is 6.16 Å². The molecule has 0 bridgehead atoms. The van der Waals surface area contributed by atoms with Gasteiger partial charge in [-0.1, -0.05) is 35.3 Å². The van der Waals surface area contributed by atoms with Crippen LogP contribution in [-0.4, -0.2) is 28.3 Å². The smallest absolute Gasteiger partial charge is 0.497 e. The third kappa shape index (κ3) is 4.81. The Morgan fingerprint density at radius 1 is 1.03 bits per heavy atom. The van der Waals surface area contributed by atoms with Gasteiger partial charge < -0.3 is 14.6 Å². The molecule has 1 N–H and O–H groups in total. The maximum Gasteiger partial charge on any atom is 0.511 e. The first-order valence-electron chi connectivity index (χ1n) is 9.55. The first-order valence-corrected chi connectivity index (χ1v) is 11.2. The van der Waals surface area contributed by atoms with Crippen molar-refractivity contribution in [1.82, 2.24) is 4.98 Å². The standard InChI is InChI=1S/C23H14Cl2N2O6S/c1-32-14-4-6-15(20(10-14)27(30)31)16-5-2-13(9-21(16)33-23(28)29)22-26-19(11-34-22)12-3-7-17(24)18(25)8-12/h2-11H,1H3,(H,28,29). The molecule has 172 valence electrons. The van der Waals surface area contributed by atoms with Crippen LogP contribution in [0.5, 0.6) is 11.5 Å². The van der Waals surface area contributed by atoms with Crippen molar-refractivity contribution in [2.45, 2.75) is 0 Å². The normalized spacial score (nSPS) is 10.7. The van der Waals surface area contributed by atoms with Gasteiger partial charge in [-0.25, -0.2) is 9.78 Å². The first-order chi connectivity index (χ1) is 16.3. The van der Waals surface area contributed by atoms with Crippen LogP contribution in [0.2, 0.25) is 10.0 Å². The number of hydrogen-bond acceptors (Lipinski definition) is 7. The van der Waals surface area contributed by atoms with Gasteiger partial charge in [0.05, 0.1) is 39.4 Å². The van der Waals surface area contributed by atoms with E-state index in [1.807, 2.05) is 5.38 Å². The van der Waals surface area contributed by atoms with Gasteiger partial charge in [-0.05, 0) is 36.4 Å². The molecule has 0 saturated carbocycles. The summed E-state index contributed by atoms with van der Waals surface area (Å²) in [5, 5.41) is 24.1. The van der Waals surface area contributed by atoms with E-state index in [0.29, 0.717) is 32.1 Å². The first kappa shape index (κ1) is 23.5. The van der Waals surface area contributed by atoms with Crippen LogP contribution >= 0.6 is 34.5 Å². The minimum Gasteiger partial charge on any atom is -0.497 e. The summed E-state index contributed by atoms with van der Waals surface area (Å²) in [7, 11) is 1.40. The number of carboxylic acid groups (broad SMARTS) is 1. The van der Waals surface area contributed by atoms with Gasteiger partial charge in [0.1, 0.15) is 16.5 Å². The van der Waals surface area contributed by atoms with E-state index >= 15 is 0 Å². The molecule has 3 aromatic carbocycles. The van der Waals surface area contributed by atoms with E-state index in [2.05, 4.69) is 4.98 Å². The van der Waals surface area contributed by atoms with Gasteiger partial charge in [-0.3, -0.25) is 10.1 Å². The monoisotopic (exact) mass is 516 g/mol. The van der Waals surface area contributed by atoms with Crippen LogP contribution in [0.3, 0.4) is 0 Å². The van der Waals surface area contributed by atoms with E-state index in [0.717, 1.165) is 5.56 Å². The summed E-state index contributed by atoms with van der Waals surface area (Å²) in [5.41, 5.74) is 2.18. The molecule has 11 heteroatoms. The third-order valence-corrected chi connectivity index (χ3v) is 6.47. The van der Waals surface area contributed by atoms with E-state index in [-0.39, 0.29) is 22.6 Å². The number of benzene rings is 3. The molecule has 0 fully saturated rings. The number of nitrogens with zero attached hydrogens (tertiary/aromatic N) is 2. The summed E-state index contributed by atoms with van der Waals surface area (Å²) in [6, 6.07) is 14.2. The third-order valence-electron chi connectivity index (χ3n) is 4.84. The largest absolute Gasteiger partial charge is 0.511 e. The van der Waals surface area contributed by atoms with Crippen molar-refractivity contribution in [3.05, 3.63) is 80.1 Å². The Morgan fingerprint density at radius 2 is 1.76 bits per heavy atom. The second kappa shape index (κ2) is 9.68. The molecular weight excluding hydrogens is 503 g/mol. The molecule has 1 aromatic heterocycles. The van der Waals surface area contributed by atoms with Crippen molar-refractivity contribution in [3.8, 4) is 44.5 Å². The Hall–Kier alpha value is -3.66. The van der Waals surface area contributed by atoms with Crippen LogP contribution in [0.1, 0.15) is 0 Å². The second-order valence-electron chi connectivity index (χ2n) is 6.89. The lowest BCUT2D eigenvalue weighted by atomic mass is 10.0. The highest BCUT2D eigenvalue weighted by Gasteiger charge is 2.22. The number of thiazole rings is 1. The summed E-state index contributed by atoms with van der Waals surface area (Å²) < 4.78 is 10.0. The fraction of sp³-hybridized carbons (Fsp3) is 0.0435. The fourth-order valence-electron chi connectivity index (χ4n) is 3.27. The molecule has 4 aromatic rings. The van der Waals surface area contributed by atoms with Gasteiger partial charge in [-0.2, -0.15) is 0 Å². The fourth-order valence-corrected chi connectivity index (χ4v) is 4.39. The van der Waals surface area contributed by atoms with Crippen LogP contribution in [0.25, 0.3) is 33.0 Å². The molecule has 0 spiro atoms. The molecule has 0 atom stereocenters. The molecule has 0 aliphatic heterocycles. The minimum absolute atomic E-state index is 0.0652. The molecule has 0 aliphatic rings. The van der Waals surface area contributed by atoms with Gasteiger partial charge in [0.2, 0.25) is 0 Å². The molecule has 4 rings (SSSR count). The number of ether oxygens (including phenoxy) is 2. The van der Waals surface area contributed by atoms with E-state index in [9.17, 15) is 20.0 Å². The highest BCUT2D eigenvalue weighted by molar-refractivity contribution is 7.13. The second-order valence-corrected chi connectivity index (χ2v) is 8.56. The Kier molecular flexibility index (Phi) is 6.69. The summed E-state index contributed by atoms with van der Waals surface area (Å²) >= 11 is 13.4. The van der Waals surface area contributed by atoms with Gasteiger partial charge in [-0.15, -0.1) is 11.3 Å². The number of carbonyl (C=O) groups is 1. The van der Waals surface area contributed by atoms with Crippen molar-refractivity contribution in [3.63, 3.8) is 0 Å². The zero-order valence-corrected chi connectivity index (χ0v) is 19.6. The number of rotatable bonds is 6. The molecule has 34 heavy (non-hydrogen) atoms. The minimum atomic E-state index is -1.55. The predicted molar refractivity (Wildman–Crippen MR) is 130 cm³/mol. The van der Waals surface area contributed by atoms with Crippen LogP contribution in [0, 0.1) is 10.1 Å². The summed E-state index contributed by atoms with van der Waals surface area (Å²) in [4.78, 5) is 27.0.